The van der Waals surface area contributed by atoms with Gasteiger partial charge in [0.1, 0.15) is 0 Å². The maximum Gasteiger partial charge on any atom is 0.428 e. The lowest BCUT2D eigenvalue weighted by molar-refractivity contribution is -0.262. The van der Waals surface area contributed by atoms with E-state index in [1.807, 2.05) is 0 Å². The first-order valence-corrected chi connectivity index (χ1v) is 7.57. The summed E-state index contributed by atoms with van der Waals surface area (Å²) in [5.41, 5.74) is -3.09. The van der Waals surface area contributed by atoms with Gasteiger partial charge in [0.25, 0.3) is 0 Å². The van der Waals surface area contributed by atoms with E-state index in [1.54, 1.807) is 0 Å². The highest BCUT2D eigenvalue weighted by Gasteiger charge is 2.63. The van der Waals surface area contributed by atoms with Crippen LogP contribution in [0.1, 0.15) is 31.9 Å². The zero-order chi connectivity index (χ0) is 19.2. The number of benzene rings is 1. The van der Waals surface area contributed by atoms with Gasteiger partial charge in [0.15, 0.2) is 11.6 Å². The molecule has 0 aliphatic carbocycles. The number of halogens is 5. The monoisotopic (exact) mass is 364 g/mol. The molecule has 0 bridgehead atoms. The summed E-state index contributed by atoms with van der Waals surface area (Å²) < 4.78 is 77.6. The maximum atomic E-state index is 13.9. The third kappa shape index (κ3) is 2.98. The van der Waals surface area contributed by atoms with E-state index in [2.05, 4.69) is 0 Å². The molecule has 1 aromatic carbocycles. The fourth-order valence-electron chi connectivity index (χ4n) is 2.78. The molecule has 0 saturated carbocycles. The lowest BCUT2D eigenvalue weighted by Gasteiger charge is -2.32. The van der Waals surface area contributed by atoms with Gasteiger partial charge < -0.3 is 9.47 Å². The molecule has 0 saturated heterocycles. The second-order valence-electron chi connectivity index (χ2n) is 5.93. The normalized spacial score (nSPS) is 23.6. The summed E-state index contributed by atoms with van der Waals surface area (Å²) in [6.45, 7) is 4.66. The van der Waals surface area contributed by atoms with Crippen molar-refractivity contribution in [3.05, 3.63) is 40.7 Å². The first-order valence-electron chi connectivity index (χ1n) is 7.57. The largest absolute Gasteiger partial charge is 0.470 e. The van der Waals surface area contributed by atoms with Crippen molar-refractivity contribution in [2.75, 3.05) is 6.61 Å². The number of alkyl halides is 3. The summed E-state index contributed by atoms with van der Waals surface area (Å²) in [4.78, 5) is 12.1. The summed E-state index contributed by atoms with van der Waals surface area (Å²) in [5, 5.41) is 0. The number of hydrogen-bond acceptors (Lipinski definition) is 3. The molecule has 1 aliphatic rings. The Labute approximate surface area is 141 Å². The molecule has 1 heterocycles. The molecule has 2 atom stereocenters. The molecule has 0 aromatic heterocycles. The van der Waals surface area contributed by atoms with Crippen LogP contribution in [-0.2, 0) is 14.3 Å². The molecule has 0 radical (unpaired) electrons. The molecule has 3 nitrogen and oxygen atoms in total. The highest BCUT2D eigenvalue weighted by Crippen LogP contribution is 2.52. The summed E-state index contributed by atoms with van der Waals surface area (Å²) in [5.74, 6) is -5.38. The molecule has 0 spiro atoms. The van der Waals surface area contributed by atoms with Gasteiger partial charge in [-0.05, 0) is 38.0 Å². The van der Waals surface area contributed by atoms with Crippen molar-refractivity contribution in [1.29, 1.82) is 0 Å². The molecule has 0 unspecified atom stereocenters. The number of hydrogen-bond donors (Lipinski definition) is 0. The van der Waals surface area contributed by atoms with Gasteiger partial charge in [-0.3, -0.25) is 0 Å². The van der Waals surface area contributed by atoms with E-state index < -0.39 is 41.1 Å². The van der Waals surface area contributed by atoms with Crippen LogP contribution in [0.2, 0.25) is 0 Å². The van der Waals surface area contributed by atoms with E-state index >= 15 is 0 Å². The average molecular weight is 364 g/mol. The molecule has 25 heavy (non-hydrogen) atoms. The van der Waals surface area contributed by atoms with Crippen molar-refractivity contribution in [2.45, 2.75) is 39.5 Å². The van der Waals surface area contributed by atoms with Gasteiger partial charge in [0.2, 0.25) is 11.4 Å². The lowest BCUT2D eigenvalue weighted by atomic mass is 9.81. The van der Waals surface area contributed by atoms with Crippen LogP contribution in [0.5, 0.6) is 0 Å². The Hall–Kier alpha value is -2.12. The molecular formula is C17H17F5O3. The molecule has 1 aliphatic heterocycles. The van der Waals surface area contributed by atoms with Gasteiger partial charge >= 0.3 is 12.1 Å². The topological polar surface area (TPSA) is 35.5 Å². The Morgan fingerprint density at radius 1 is 1.32 bits per heavy atom. The molecule has 2 rings (SSSR count). The number of rotatable bonds is 3. The van der Waals surface area contributed by atoms with E-state index in [-0.39, 0.29) is 23.3 Å². The molecule has 0 N–H and O–H groups in total. The van der Waals surface area contributed by atoms with Crippen molar-refractivity contribution in [3.63, 3.8) is 0 Å². The van der Waals surface area contributed by atoms with Crippen molar-refractivity contribution in [2.24, 2.45) is 5.92 Å². The minimum absolute atomic E-state index is 0.0255. The highest BCUT2D eigenvalue weighted by atomic mass is 19.4. The van der Waals surface area contributed by atoms with Crippen LogP contribution >= 0.6 is 0 Å². The van der Waals surface area contributed by atoms with Crippen LogP contribution in [0.4, 0.5) is 22.0 Å². The molecule has 8 heteroatoms. The van der Waals surface area contributed by atoms with Gasteiger partial charge in [-0.2, -0.15) is 13.2 Å². The van der Waals surface area contributed by atoms with Crippen LogP contribution in [-0.4, -0.2) is 24.4 Å². The molecular weight excluding hydrogens is 347 g/mol. The smallest absolute Gasteiger partial charge is 0.428 e. The van der Waals surface area contributed by atoms with E-state index in [9.17, 15) is 26.7 Å². The lowest BCUT2D eigenvalue weighted by Crippen LogP contribution is -2.47. The van der Waals surface area contributed by atoms with E-state index in [0.717, 1.165) is 19.1 Å². The zero-order valence-electron chi connectivity index (χ0n) is 14.1. The summed E-state index contributed by atoms with van der Waals surface area (Å²) >= 11 is 0. The average Bonchev–Trinajstić information content (AvgIpc) is 2.79. The number of carbonyl (C=O) groups is 1. The standard InChI is InChI=1S/C17H17F5O3/c1-5-24-15(23)14-12(9(3)16(4,25-14)17(20,21)22)10-6-7-11(18)13(19)8(10)2/h6-7,9H,5H2,1-4H3/t9-,16+/m0/s1. The fraction of sp³-hybridized carbons (Fsp3) is 0.471. The van der Waals surface area contributed by atoms with Gasteiger partial charge in [0.05, 0.1) is 6.61 Å². The Bertz CT molecular complexity index is 739. The van der Waals surface area contributed by atoms with Crippen LogP contribution in [0.15, 0.2) is 17.9 Å². The summed E-state index contributed by atoms with van der Waals surface area (Å²) in [6, 6.07) is 1.92. The van der Waals surface area contributed by atoms with Crippen LogP contribution in [0.25, 0.3) is 5.57 Å². The minimum Gasteiger partial charge on any atom is -0.470 e. The molecule has 0 fully saturated rings. The third-order valence-electron chi connectivity index (χ3n) is 4.47. The number of esters is 1. The molecule has 1 aromatic rings. The first kappa shape index (κ1) is 19.2. The Balaban J connectivity index is 2.70. The van der Waals surface area contributed by atoms with E-state index in [1.165, 1.54) is 20.8 Å². The number of carbonyl (C=O) groups excluding carboxylic acids is 1. The second-order valence-corrected chi connectivity index (χ2v) is 5.93. The summed E-state index contributed by atoms with van der Waals surface area (Å²) in [6.07, 6.45) is -4.79. The molecule has 138 valence electrons. The van der Waals surface area contributed by atoms with Crippen LogP contribution < -0.4 is 0 Å². The SMILES string of the molecule is CCOC(=O)C1=C(c2ccc(F)c(F)c2C)[C@H](C)[C@](C)(C(F)(F)F)O1. The predicted octanol–water partition coefficient (Wildman–Crippen LogP) is 4.53. The fourth-order valence-corrected chi connectivity index (χ4v) is 2.78. The Kier molecular flexibility index (Phi) is 4.85. The Morgan fingerprint density at radius 2 is 1.92 bits per heavy atom. The van der Waals surface area contributed by atoms with E-state index in [0.29, 0.717) is 0 Å². The Morgan fingerprint density at radius 3 is 2.44 bits per heavy atom. The van der Waals surface area contributed by atoms with Crippen LogP contribution in [0.3, 0.4) is 0 Å². The highest BCUT2D eigenvalue weighted by molar-refractivity contribution is 5.98. The van der Waals surface area contributed by atoms with Crippen molar-refractivity contribution >= 4 is 11.5 Å². The molecule has 0 amide bonds. The van der Waals surface area contributed by atoms with Gasteiger partial charge in [-0.1, -0.05) is 13.0 Å². The summed E-state index contributed by atoms with van der Waals surface area (Å²) in [7, 11) is 0. The van der Waals surface area contributed by atoms with Crippen molar-refractivity contribution in [1.82, 2.24) is 0 Å². The van der Waals surface area contributed by atoms with E-state index in [4.69, 9.17) is 9.47 Å². The van der Waals surface area contributed by atoms with Crippen LogP contribution in [0, 0.1) is 24.5 Å². The minimum atomic E-state index is -4.79. The van der Waals surface area contributed by atoms with Crippen molar-refractivity contribution in [3.8, 4) is 0 Å². The van der Waals surface area contributed by atoms with Gasteiger partial charge in [0, 0.05) is 11.5 Å². The predicted molar refractivity (Wildman–Crippen MR) is 79.4 cm³/mol. The second kappa shape index (κ2) is 6.31. The zero-order valence-corrected chi connectivity index (χ0v) is 14.1. The number of ether oxygens (including phenoxy) is 2. The third-order valence-corrected chi connectivity index (χ3v) is 4.47. The maximum absolute atomic E-state index is 13.9. The van der Waals surface area contributed by atoms with Gasteiger partial charge in [-0.15, -0.1) is 0 Å². The quantitative estimate of drug-likeness (QED) is 0.584. The first-order chi connectivity index (χ1) is 11.5. The van der Waals surface area contributed by atoms with Gasteiger partial charge in [-0.25, -0.2) is 13.6 Å². The van der Waals surface area contributed by atoms with Crippen molar-refractivity contribution < 1.29 is 36.2 Å².